The van der Waals surface area contributed by atoms with Gasteiger partial charge in [-0.3, -0.25) is 4.98 Å². The number of pyridine rings is 1. The normalized spacial score (nSPS) is 12.4. The molecule has 0 amide bonds. The molecule has 2 aromatic rings. The summed E-state index contributed by atoms with van der Waals surface area (Å²) in [5.74, 6) is -0.327. The predicted molar refractivity (Wildman–Crippen MR) is 74.7 cm³/mol. The zero-order chi connectivity index (χ0) is 13.1. The first-order valence-corrected chi connectivity index (χ1v) is 6.88. The number of aliphatic hydroxyl groups is 1. The van der Waals surface area contributed by atoms with Crippen LogP contribution in [0.5, 0.6) is 0 Å². The highest BCUT2D eigenvalue weighted by Crippen LogP contribution is 2.26. The van der Waals surface area contributed by atoms with Gasteiger partial charge in [0.1, 0.15) is 5.82 Å². The van der Waals surface area contributed by atoms with Gasteiger partial charge in [-0.2, -0.15) is 0 Å². The maximum atomic E-state index is 13.3. The van der Waals surface area contributed by atoms with Crippen LogP contribution < -0.4 is 0 Å². The molecule has 2 rings (SSSR count). The summed E-state index contributed by atoms with van der Waals surface area (Å²) in [5.41, 5.74) is 1.42. The fourth-order valence-corrected chi connectivity index (χ4v) is 2.45. The van der Waals surface area contributed by atoms with E-state index >= 15 is 0 Å². The minimum absolute atomic E-state index is 0.327. The Kier molecular flexibility index (Phi) is 4.48. The van der Waals surface area contributed by atoms with Crippen LogP contribution in [0.15, 0.2) is 45.6 Å². The van der Waals surface area contributed by atoms with Crippen molar-refractivity contribution in [1.29, 1.82) is 0 Å². The van der Waals surface area contributed by atoms with E-state index in [0.717, 1.165) is 10.0 Å². The monoisotopic (exact) mass is 373 g/mol. The molecule has 1 N–H and O–H groups in total. The van der Waals surface area contributed by atoms with E-state index in [0.29, 0.717) is 16.5 Å². The lowest BCUT2D eigenvalue weighted by molar-refractivity contribution is 0.177. The third-order valence-corrected chi connectivity index (χ3v) is 3.88. The van der Waals surface area contributed by atoms with E-state index < -0.39 is 6.10 Å². The van der Waals surface area contributed by atoms with Gasteiger partial charge in [-0.1, -0.05) is 12.1 Å². The van der Waals surface area contributed by atoms with Gasteiger partial charge < -0.3 is 5.11 Å². The molecule has 1 aromatic heterocycles. The molecule has 5 heteroatoms. The summed E-state index contributed by atoms with van der Waals surface area (Å²) in [4.78, 5) is 3.99. The third-order valence-electron chi connectivity index (χ3n) is 2.56. The lowest BCUT2D eigenvalue weighted by atomic mass is 10.0. The summed E-state index contributed by atoms with van der Waals surface area (Å²) in [5, 5.41) is 10.1. The maximum Gasteiger partial charge on any atom is 0.137 e. The molecule has 0 saturated heterocycles. The summed E-state index contributed by atoms with van der Waals surface area (Å²) >= 11 is 6.48. The number of aliphatic hydroxyl groups excluding tert-OH is 1. The Morgan fingerprint density at radius 2 is 2.06 bits per heavy atom. The molecule has 0 aliphatic heterocycles. The van der Waals surface area contributed by atoms with Crippen molar-refractivity contribution < 1.29 is 9.50 Å². The number of hydrogen-bond donors (Lipinski definition) is 1. The van der Waals surface area contributed by atoms with Crippen molar-refractivity contribution in [3.05, 3.63) is 62.5 Å². The van der Waals surface area contributed by atoms with Crippen LogP contribution >= 0.6 is 31.9 Å². The lowest BCUT2D eigenvalue weighted by Crippen LogP contribution is -2.03. The van der Waals surface area contributed by atoms with Gasteiger partial charge in [0.25, 0.3) is 0 Å². The number of aromatic nitrogens is 1. The van der Waals surface area contributed by atoms with Gasteiger partial charge in [-0.15, -0.1) is 0 Å². The zero-order valence-corrected chi connectivity index (χ0v) is 12.4. The molecule has 0 spiro atoms. The highest BCUT2D eigenvalue weighted by atomic mass is 79.9. The average molecular weight is 375 g/mol. The standard InChI is InChI=1S/C13H10Br2FNO/c14-10-4-9(6-17-7-10)12(18)5-8-2-1-3-11(16)13(8)15/h1-4,6-7,12,18H,5H2. The lowest BCUT2D eigenvalue weighted by Gasteiger charge is -2.12. The molecule has 0 radical (unpaired) electrons. The van der Waals surface area contributed by atoms with Crippen molar-refractivity contribution in [2.45, 2.75) is 12.5 Å². The molecule has 1 atom stereocenters. The molecule has 1 heterocycles. The van der Waals surface area contributed by atoms with E-state index in [9.17, 15) is 9.50 Å². The molecule has 0 saturated carbocycles. The van der Waals surface area contributed by atoms with Crippen LogP contribution in [-0.4, -0.2) is 10.1 Å². The van der Waals surface area contributed by atoms with E-state index in [4.69, 9.17) is 0 Å². The van der Waals surface area contributed by atoms with Crippen molar-refractivity contribution in [3.8, 4) is 0 Å². The van der Waals surface area contributed by atoms with Gasteiger partial charge in [0.15, 0.2) is 0 Å². The minimum Gasteiger partial charge on any atom is -0.388 e. The van der Waals surface area contributed by atoms with Crippen LogP contribution in [0.25, 0.3) is 0 Å². The predicted octanol–water partition coefficient (Wildman–Crippen LogP) is 4.02. The highest BCUT2D eigenvalue weighted by Gasteiger charge is 2.13. The van der Waals surface area contributed by atoms with Crippen molar-refractivity contribution in [1.82, 2.24) is 4.98 Å². The first-order valence-electron chi connectivity index (χ1n) is 5.29. The average Bonchev–Trinajstić information content (AvgIpc) is 2.35. The molecule has 18 heavy (non-hydrogen) atoms. The quantitative estimate of drug-likeness (QED) is 0.880. The fraction of sp³-hybridized carbons (Fsp3) is 0.154. The Morgan fingerprint density at radius 3 is 2.78 bits per heavy atom. The number of hydrogen-bond acceptors (Lipinski definition) is 2. The van der Waals surface area contributed by atoms with Gasteiger partial charge in [0.05, 0.1) is 10.6 Å². The van der Waals surface area contributed by atoms with Crippen LogP contribution in [0.3, 0.4) is 0 Å². The molecule has 1 aromatic carbocycles. The third kappa shape index (κ3) is 3.16. The van der Waals surface area contributed by atoms with E-state index in [1.54, 1.807) is 30.6 Å². The van der Waals surface area contributed by atoms with Gasteiger partial charge in [-0.25, -0.2) is 4.39 Å². The largest absolute Gasteiger partial charge is 0.388 e. The topological polar surface area (TPSA) is 33.1 Å². The van der Waals surface area contributed by atoms with E-state index in [1.807, 2.05) is 0 Å². The second-order valence-electron chi connectivity index (χ2n) is 3.87. The Morgan fingerprint density at radius 1 is 1.28 bits per heavy atom. The van der Waals surface area contributed by atoms with Crippen LogP contribution in [-0.2, 0) is 6.42 Å². The van der Waals surface area contributed by atoms with Crippen molar-refractivity contribution in [3.63, 3.8) is 0 Å². The molecule has 94 valence electrons. The Balaban J connectivity index is 2.21. The number of nitrogens with zero attached hydrogens (tertiary/aromatic N) is 1. The SMILES string of the molecule is OC(Cc1cccc(F)c1Br)c1cncc(Br)c1. The number of halogens is 3. The molecule has 0 aliphatic carbocycles. The minimum atomic E-state index is -0.715. The summed E-state index contributed by atoms with van der Waals surface area (Å²) < 4.78 is 14.5. The van der Waals surface area contributed by atoms with Crippen molar-refractivity contribution in [2.75, 3.05) is 0 Å². The first-order chi connectivity index (χ1) is 8.58. The van der Waals surface area contributed by atoms with Crippen LogP contribution in [0, 0.1) is 5.82 Å². The molecular weight excluding hydrogens is 365 g/mol. The molecule has 0 bridgehead atoms. The summed E-state index contributed by atoms with van der Waals surface area (Å²) in [6.07, 6.45) is 2.86. The summed E-state index contributed by atoms with van der Waals surface area (Å²) in [6.45, 7) is 0. The fourth-order valence-electron chi connectivity index (χ4n) is 1.64. The Hall–Kier alpha value is -0.780. The first kappa shape index (κ1) is 13.6. The Labute approximate surface area is 121 Å². The smallest absolute Gasteiger partial charge is 0.137 e. The maximum absolute atomic E-state index is 13.3. The molecule has 0 aliphatic rings. The van der Waals surface area contributed by atoms with E-state index in [-0.39, 0.29) is 5.82 Å². The zero-order valence-electron chi connectivity index (χ0n) is 9.28. The van der Waals surface area contributed by atoms with Crippen LogP contribution in [0.4, 0.5) is 4.39 Å². The van der Waals surface area contributed by atoms with Gasteiger partial charge >= 0.3 is 0 Å². The molecular formula is C13H10Br2FNO. The van der Waals surface area contributed by atoms with Gasteiger partial charge in [-0.05, 0) is 49.6 Å². The second-order valence-corrected chi connectivity index (χ2v) is 5.58. The van der Waals surface area contributed by atoms with Crippen LogP contribution in [0.1, 0.15) is 17.2 Å². The van der Waals surface area contributed by atoms with Gasteiger partial charge in [0, 0.05) is 28.9 Å². The molecule has 0 fully saturated rings. The second kappa shape index (κ2) is 5.91. The highest BCUT2D eigenvalue weighted by molar-refractivity contribution is 9.10. The number of benzene rings is 1. The summed E-state index contributed by atoms with van der Waals surface area (Å²) in [6, 6.07) is 6.58. The van der Waals surface area contributed by atoms with Crippen molar-refractivity contribution >= 4 is 31.9 Å². The van der Waals surface area contributed by atoms with E-state index in [1.165, 1.54) is 6.07 Å². The molecule has 1 unspecified atom stereocenters. The summed E-state index contributed by atoms with van der Waals surface area (Å²) in [7, 11) is 0. The van der Waals surface area contributed by atoms with Crippen molar-refractivity contribution in [2.24, 2.45) is 0 Å². The Bertz CT molecular complexity index is 562. The van der Waals surface area contributed by atoms with Gasteiger partial charge in [0.2, 0.25) is 0 Å². The number of rotatable bonds is 3. The molecule has 2 nitrogen and oxygen atoms in total. The van der Waals surface area contributed by atoms with Crippen LogP contribution in [0.2, 0.25) is 0 Å². The van der Waals surface area contributed by atoms with E-state index in [2.05, 4.69) is 36.8 Å².